The molecule has 3 aliphatic rings. The van der Waals surface area contributed by atoms with E-state index in [-0.39, 0.29) is 5.91 Å². The molecule has 2 bridgehead atoms. The van der Waals surface area contributed by atoms with Crippen molar-refractivity contribution >= 4 is 40.7 Å². The molecule has 2 atom stereocenters. The molecule has 3 aliphatic heterocycles. The summed E-state index contributed by atoms with van der Waals surface area (Å²) >= 11 is 1.55. The van der Waals surface area contributed by atoms with Gasteiger partial charge >= 0.3 is 0 Å². The molecule has 2 aromatic carbocycles. The van der Waals surface area contributed by atoms with Crippen LogP contribution in [0.2, 0.25) is 0 Å². The van der Waals surface area contributed by atoms with E-state index in [1.165, 1.54) is 12.1 Å². The lowest BCUT2D eigenvalue weighted by molar-refractivity contribution is -0.113. The lowest BCUT2D eigenvalue weighted by Crippen LogP contribution is -2.44. The standard InChI is InChI=1S/C24H24N6OS/c1-29-12-19-11-18(29)13-30(19)17-5-3-16(4-6-17)26-24-25-9-8-20(28-24)15-2-7-21-22(10-15)32-14-23(31)27-21/h2-10,18-19H,11-14H2,1H3,(H,27,31)(H,25,26,28). The molecule has 8 heteroatoms. The number of nitrogens with zero attached hydrogens (tertiary/aromatic N) is 4. The number of carbonyl (C=O) groups excluding carboxylic acids is 1. The summed E-state index contributed by atoms with van der Waals surface area (Å²) in [6, 6.07) is 17.8. The first-order valence-electron chi connectivity index (χ1n) is 10.9. The Morgan fingerprint density at radius 3 is 2.75 bits per heavy atom. The van der Waals surface area contributed by atoms with Gasteiger partial charge in [-0.1, -0.05) is 6.07 Å². The second-order valence-electron chi connectivity index (χ2n) is 8.62. The van der Waals surface area contributed by atoms with Crippen LogP contribution in [0, 0.1) is 0 Å². The highest BCUT2D eigenvalue weighted by molar-refractivity contribution is 8.00. The zero-order valence-corrected chi connectivity index (χ0v) is 18.6. The van der Waals surface area contributed by atoms with Gasteiger partial charge in [-0.05, 0) is 55.9 Å². The Bertz CT molecular complexity index is 1180. The molecule has 2 unspecified atom stereocenters. The van der Waals surface area contributed by atoms with Crippen molar-refractivity contribution < 1.29 is 4.79 Å². The summed E-state index contributed by atoms with van der Waals surface area (Å²) in [5.41, 5.74) is 4.96. The average molecular weight is 445 g/mol. The van der Waals surface area contributed by atoms with Gasteiger partial charge in [-0.25, -0.2) is 9.97 Å². The van der Waals surface area contributed by atoms with Crippen molar-refractivity contribution in [2.45, 2.75) is 23.4 Å². The van der Waals surface area contributed by atoms with Crippen molar-refractivity contribution in [2.75, 3.05) is 41.4 Å². The van der Waals surface area contributed by atoms with Gasteiger partial charge in [0, 0.05) is 53.2 Å². The predicted molar refractivity (Wildman–Crippen MR) is 129 cm³/mol. The molecule has 4 heterocycles. The van der Waals surface area contributed by atoms with Crippen LogP contribution in [-0.4, -0.2) is 58.7 Å². The summed E-state index contributed by atoms with van der Waals surface area (Å²) < 4.78 is 0. The number of benzene rings is 2. The number of anilines is 4. The molecule has 0 spiro atoms. The molecule has 0 radical (unpaired) electrons. The van der Waals surface area contributed by atoms with Crippen LogP contribution in [0.1, 0.15) is 6.42 Å². The number of hydrogen-bond acceptors (Lipinski definition) is 7. The van der Waals surface area contributed by atoms with E-state index in [1.807, 2.05) is 18.2 Å². The van der Waals surface area contributed by atoms with Gasteiger partial charge in [0.2, 0.25) is 11.9 Å². The van der Waals surface area contributed by atoms with E-state index in [1.54, 1.807) is 18.0 Å². The van der Waals surface area contributed by atoms with Crippen molar-refractivity contribution in [2.24, 2.45) is 0 Å². The number of nitrogens with one attached hydrogen (secondary N) is 2. The molecule has 3 aromatic rings. The van der Waals surface area contributed by atoms with Crippen LogP contribution in [0.4, 0.5) is 23.0 Å². The number of aromatic nitrogens is 2. The zero-order chi connectivity index (χ0) is 21.7. The van der Waals surface area contributed by atoms with Gasteiger partial charge in [-0.15, -0.1) is 11.8 Å². The number of likely N-dealkylation sites (tertiary alicyclic amines) is 1. The normalized spacial score (nSPS) is 22.0. The largest absolute Gasteiger partial charge is 0.366 e. The van der Waals surface area contributed by atoms with Crippen LogP contribution in [0.15, 0.2) is 59.6 Å². The van der Waals surface area contributed by atoms with Gasteiger partial charge in [0.1, 0.15) is 0 Å². The molecule has 1 amide bonds. The van der Waals surface area contributed by atoms with Crippen molar-refractivity contribution in [3.63, 3.8) is 0 Å². The van der Waals surface area contributed by atoms with E-state index in [9.17, 15) is 4.79 Å². The zero-order valence-electron chi connectivity index (χ0n) is 17.8. The van der Waals surface area contributed by atoms with Crippen molar-refractivity contribution in [1.82, 2.24) is 14.9 Å². The molecule has 32 heavy (non-hydrogen) atoms. The van der Waals surface area contributed by atoms with Crippen LogP contribution in [-0.2, 0) is 4.79 Å². The molecule has 1 aromatic heterocycles. The van der Waals surface area contributed by atoms with Gasteiger partial charge in [0.25, 0.3) is 0 Å². The Labute approximate surface area is 191 Å². The fourth-order valence-electron chi connectivity index (χ4n) is 4.86. The Kier molecular flexibility index (Phi) is 4.77. The highest BCUT2D eigenvalue weighted by atomic mass is 32.2. The van der Waals surface area contributed by atoms with Gasteiger partial charge in [0.05, 0.1) is 17.1 Å². The van der Waals surface area contributed by atoms with Crippen LogP contribution < -0.4 is 15.5 Å². The van der Waals surface area contributed by atoms with E-state index in [0.717, 1.165) is 40.6 Å². The Hall–Kier alpha value is -3.10. The maximum absolute atomic E-state index is 11.6. The summed E-state index contributed by atoms with van der Waals surface area (Å²) in [7, 11) is 2.23. The number of amides is 1. The lowest BCUT2D eigenvalue weighted by Gasteiger charge is -2.33. The number of carbonyl (C=O) groups is 1. The molecule has 2 saturated heterocycles. The SMILES string of the molecule is CN1CC2CC1CN2c1ccc(Nc2nccc(-c3ccc4c(c3)SCC(=O)N4)n2)cc1. The topological polar surface area (TPSA) is 73.4 Å². The maximum Gasteiger partial charge on any atom is 0.234 e. The number of thioether (sulfide) groups is 1. The monoisotopic (exact) mass is 444 g/mol. The van der Waals surface area contributed by atoms with Crippen LogP contribution in [0.3, 0.4) is 0 Å². The Morgan fingerprint density at radius 1 is 1.09 bits per heavy atom. The molecule has 2 N–H and O–H groups in total. The summed E-state index contributed by atoms with van der Waals surface area (Å²) in [6.45, 7) is 2.26. The molecule has 6 rings (SSSR count). The maximum atomic E-state index is 11.6. The molecular formula is C24H24N6OS. The quantitative estimate of drug-likeness (QED) is 0.634. The van der Waals surface area contributed by atoms with Crippen LogP contribution >= 0.6 is 11.8 Å². The summed E-state index contributed by atoms with van der Waals surface area (Å²) in [4.78, 5) is 26.7. The first-order valence-corrected chi connectivity index (χ1v) is 11.8. The fraction of sp³-hybridized carbons (Fsp3) is 0.292. The van der Waals surface area contributed by atoms with Crippen LogP contribution in [0.25, 0.3) is 11.3 Å². The van der Waals surface area contributed by atoms with Gasteiger partial charge in [0.15, 0.2) is 0 Å². The minimum Gasteiger partial charge on any atom is -0.366 e. The van der Waals surface area contributed by atoms with Gasteiger partial charge < -0.3 is 15.5 Å². The minimum atomic E-state index is 0.0411. The number of piperazine rings is 1. The van der Waals surface area contributed by atoms with E-state index >= 15 is 0 Å². The number of likely N-dealkylation sites (N-methyl/N-ethyl adjacent to an activating group) is 1. The first-order chi connectivity index (χ1) is 15.6. The fourth-order valence-corrected chi connectivity index (χ4v) is 5.70. The van der Waals surface area contributed by atoms with Gasteiger partial charge in [-0.3, -0.25) is 9.69 Å². The van der Waals surface area contributed by atoms with Crippen LogP contribution in [0.5, 0.6) is 0 Å². The molecule has 7 nitrogen and oxygen atoms in total. The second kappa shape index (κ2) is 7.79. The van der Waals surface area contributed by atoms with Crippen molar-refractivity contribution in [3.05, 3.63) is 54.7 Å². The molecule has 162 valence electrons. The van der Waals surface area contributed by atoms with E-state index < -0.39 is 0 Å². The molecule has 0 saturated carbocycles. The molecular weight excluding hydrogens is 420 g/mol. The second-order valence-corrected chi connectivity index (χ2v) is 9.64. The number of hydrogen-bond donors (Lipinski definition) is 2. The Balaban J connectivity index is 1.18. The number of rotatable bonds is 4. The van der Waals surface area contributed by atoms with E-state index in [2.05, 4.69) is 62.8 Å². The highest BCUT2D eigenvalue weighted by Crippen LogP contribution is 2.36. The molecule has 0 aliphatic carbocycles. The third-order valence-electron chi connectivity index (χ3n) is 6.54. The average Bonchev–Trinajstić information content (AvgIpc) is 3.39. The Morgan fingerprint density at radius 2 is 1.97 bits per heavy atom. The van der Waals surface area contributed by atoms with Gasteiger partial charge in [-0.2, -0.15) is 0 Å². The number of fused-ring (bicyclic) bond motifs is 3. The summed E-state index contributed by atoms with van der Waals surface area (Å²) in [5, 5.41) is 6.24. The summed E-state index contributed by atoms with van der Waals surface area (Å²) in [6.07, 6.45) is 3.04. The molecule has 2 fully saturated rings. The highest BCUT2D eigenvalue weighted by Gasteiger charge is 2.41. The minimum absolute atomic E-state index is 0.0411. The first kappa shape index (κ1) is 19.6. The predicted octanol–water partition coefficient (Wildman–Crippen LogP) is 3.82. The summed E-state index contributed by atoms with van der Waals surface area (Å²) in [5.74, 6) is 1.05. The lowest BCUT2D eigenvalue weighted by atomic mass is 10.1. The third-order valence-corrected chi connectivity index (χ3v) is 7.59. The smallest absolute Gasteiger partial charge is 0.234 e. The van der Waals surface area contributed by atoms with E-state index in [4.69, 9.17) is 4.98 Å². The van der Waals surface area contributed by atoms with E-state index in [0.29, 0.717) is 23.8 Å². The van der Waals surface area contributed by atoms with Crippen molar-refractivity contribution in [3.8, 4) is 11.3 Å². The van der Waals surface area contributed by atoms with Crippen molar-refractivity contribution in [1.29, 1.82) is 0 Å². The third kappa shape index (κ3) is 3.59.